The van der Waals surface area contributed by atoms with Gasteiger partial charge < -0.3 is 19.7 Å². The number of carbonyl (C=O) groups excluding carboxylic acids is 1. The first-order chi connectivity index (χ1) is 14.6. The lowest BCUT2D eigenvalue weighted by Crippen LogP contribution is -2.58. The molecule has 6 nitrogen and oxygen atoms in total. The molecule has 0 spiro atoms. The van der Waals surface area contributed by atoms with E-state index in [1.165, 1.54) is 5.56 Å². The first kappa shape index (κ1) is 20.7. The number of hydrogen-bond donors (Lipinski definition) is 1. The smallest absolute Gasteiger partial charge is 0.322 e. The number of nitrogens with zero attached hydrogens (tertiary/aromatic N) is 2. The number of carbonyl (C=O) groups is 1. The molecule has 0 radical (unpaired) electrons. The molecule has 2 amide bonds. The van der Waals surface area contributed by atoms with Gasteiger partial charge >= 0.3 is 6.03 Å². The summed E-state index contributed by atoms with van der Waals surface area (Å²) in [7, 11) is 0. The highest BCUT2D eigenvalue weighted by molar-refractivity contribution is 5.91. The second kappa shape index (κ2) is 9.49. The van der Waals surface area contributed by atoms with E-state index >= 15 is 0 Å². The minimum atomic E-state index is -0.0765. The maximum Gasteiger partial charge on any atom is 0.322 e. The Balaban J connectivity index is 1.38. The molecule has 2 aromatic carbocycles. The molecule has 2 aromatic rings. The van der Waals surface area contributed by atoms with Crippen LogP contribution in [0.4, 0.5) is 10.5 Å². The fourth-order valence-electron chi connectivity index (χ4n) is 4.16. The normalized spacial score (nSPS) is 24.6. The third-order valence-electron chi connectivity index (χ3n) is 5.91. The van der Waals surface area contributed by atoms with E-state index in [0.717, 1.165) is 26.1 Å². The van der Waals surface area contributed by atoms with Crippen LogP contribution in [0.1, 0.15) is 25.8 Å². The van der Waals surface area contributed by atoms with Gasteiger partial charge in [-0.1, -0.05) is 42.5 Å². The predicted octanol–water partition coefficient (Wildman–Crippen LogP) is 3.98. The van der Waals surface area contributed by atoms with E-state index in [1.54, 1.807) is 0 Å². The number of anilines is 1. The van der Waals surface area contributed by atoms with Crippen molar-refractivity contribution in [3.63, 3.8) is 0 Å². The minimum absolute atomic E-state index is 0.0449. The van der Waals surface area contributed by atoms with Gasteiger partial charge in [0.1, 0.15) is 11.9 Å². The van der Waals surface area contributed by atoms with E-state index in [2.05, 4.69) is 48.3 Å². The number of nitrogens with one attached hydrogen (secondary N) is 1. The first-order valence-corrected chi connectivity index (χ1v) is 10.8. The van der Waals surface area contributed by atoms with Crippen LogP contribution in [0.2, 0.25) is 0 Å². The van der Waals surface area contributed by atoms with E-state index in [4.69, 9.17) is 9.47 Å². The molecule has 3 atom stereocenters. The summed E-state index contributed by atoms with van der Waals surface area (Å²) in [6.07, 6.45) is 0.920. The second-order valence-corrected chi connectivity index (χ2v) is 8.30. The monoisotopic (exact) mass is 409 g/mol. The molecule has 0 aliphatic carbocycles. The van der Waals surface area contributed by atoms with Crippen LogP contribution in [0.25, 0.3) is 0 Å². The average molecular weight is 410 g/mol. The fourth-order valence-corrected chi connectivity index (χ4v) is 4.16. The number of rotatable bonds is 5. The van der Waals surface area contributed by atoms with Crippen LogP contribution in [-0.4, -0.2) is 60.3 Å². The molecule has 2 aliphatic heterocycles. The fraction of sp³-hybridized carbons (Fsp3) is 0.458. The molecule has 4 rings (SSSR count). The molecule has 30 heavy (non-hydrogen) atoms. The number of ether oxygens (including phenoxy) is 2. The van der Waals surface area contributed by atoms with Gasteiger partial charge in [0.25, 0.3) is 0 Å². The highest BCUT2D eigenvalue weighted by Gasteiger charge is 2.32. The van der Waals surface area contributed by atoms with E-state index in [1.807, 2.05) is 35.2 Å². The summed E-state index contributed by atoms with van der Waals surface area (Å²) in [6.45, 7) is 8.07. The van der Waals surface area contributed by atoms with Crippen LogP contribution < -0.4 is 10.1 Å². The number of amides is 2. The third kappa shape index (κ3) is 4.94. The first-order valence-electron chi connectivity index (χ1n) is 10.8. The van der Waals surface area contributed by atoms with Crippen molar-refractivity contribution in [3.8, 4) is 5.75 Å². The molecular formula is C24H31N3O3. The number of benzene rings is 2. The van der Waals surface area contributed by atoms with Crippen molar-refractivity contribution in [3.05, 3.63) is 60.2 Å². The van der Waals surface area contributed by atoms with Crippen molar-refractivity contribution in [1.29, 1.82) is 0 Å². The SMILES string of the molecule is C[C@@H]1CN(C(=O)Nc2ccccc2O[C@@H]2CCOC2)[C@@H](C)CN1Cc1ccccc1. The lowest BCUT2D eigenvalue weighted by atomic mass is 10.1. The summed E-state index contributed by atoms with van der Waals surface area (Å²) in [5.74, 6) is 0.699. The van der Waals surface area contributed by atoms with E-state index in [-0.39, 0.29) is 24.2 Å². The number of piperazine rings is 1. The van der Waals surface area contributed by atoms with E-state index < -0.39 is 0 Å². The Morgan fingerprint density at radius 2 is 1.83 bits per heavy atom. The van der Waals surface area contributed by atoms with Crippen molar-refractivity contribution in [1.82, 2.24) is 9.80 Å². The summed E-state index contributed by atoms with van der Waals surface area (Å²) in [5, 5.41) is 3.07. The Labute approximate surface area is 178 Å². The van der Waals surface area contributed by atoms with Gasteiger partial charge in [-0.2, -0.15) is 0 Å². The van der Waals surface area contributed by atoms with Crippen molar-refractivity contribution >= 4 is 11.7 Å². The molecule has 0 aromatic heterocycles. The number of para-hydroxylation sites is 2. The standard InChI is InChI=1S/C24H31N3O3/c1-18-15-27(19(2)14-26(18)16-20-8-4-3-5-9-20)24(28)25-22-10-6-7-11-23(22)30-21-12-13-29-17-21/h3-11,18-19,21H,12-17H2,1-2H3,(H,25,28)/t18-,19+,21-/m1/s1. The van der Waals surface area contributed by atoms with Crippen molar-refractivity contribution in [2.45, 2.75) is 45.0 Å². The summed E-state index contributed by atoms with van der Waals surface area (Å²) >= 11 is 0. The van der Waals surface area contributed by atoms with Gasteiger partial charge in [0.15, 0.2) is 0 Å². The van der Waals surface area contributed by atoms with Gasteiger partial charge in [-0.15, -0.1) is 0 Å². The van der Waals surface area contributed by atoms with Gasteiger partial charge in [-0.25, -0.2) is 4.79 Å². The Kier molecular flexibility index (Phi) is 6.55. The van der Waals surface area contributed by atoms with Crippen LogP contribution in [0.15, 0.2) is 54.6 Å². The van der Waals surface area contributed by atoms with Crippen molar-refractivity contribution in [2.75, 3.05) is 31.6 Å². The molecule has 6 heteroatoms. The second-order valence-electron chi connectivity index (χ2n) is 8.30. The Morgan fingerprint density at radius 1 is 1.07 bits per heavy atom. The zero-order chi connectivity index (χ0) is 20.9. The molecule has 1 N–H and O–H groups in total. The summed E-state index contributed by atoms with van der Waals surface area (Å²) in [4.78, 5) is 17.5. The van der Waals surface area contributed by atoms with Crippen LogP contribution >= 0.6 is 0 Å². The van der Waals surface area contributed by atoms with Crippen LogP contribution in [0.5, 0.6) is 5.75 Å². The Morgan fingerprint density at radius 3 is 2.60 bits per heavy atom. The highest BCUT2D eigenvalue weighted by Crippen LogP contribution is 2.28. The molecule has 2 aliphatic rings. The average Bonchev–Trinajstić information content (AvgIpc) is 3.26. The topological polar surface area (TPSA) is 54.0 Å². The Hall–Kier alpha value is -2.57. The highest BCUT2D eigenvalue weighted by atomic mass is 16.5. The van der Waals surface area contributed by atoms with Crippen LogP contribution in [-0.2, 0) is 11.3 Å². The van der Waals surface area contributed by atoms with Crippen LogP contribution in [0, 0.1) is 0 Å². The Bertz CT molecular complexity index is 839. The minimum Gasteiger partial charge on any atom is -0.486 e. The zero-order valence-corrected chi connectivity index (χ0v) is 17.8. The third-order valence-corrected chi connectivity index (χ3v) is 5.91. The number of hydrogen-bond acceptors (Lipinski definition) is 4. The quantitative estimate of drug-likeness (QED) is 0.812. The van der Waals surface area contributed by atoms with E-state index in [0.29, 0.717) is 24.6 Å². The molecule has 2 fully saturated rings. The lowest BCUT2D eigenvalue weighted by Gasteiger charge is -2.44. The van der Waals surface area contributed by atoms with E-state index in [9.17, 15) is 4.79 Å². The zero-order valence-electron chi connectivity index (χ0n) is 17.8. The maximum atomic E-state index is 13.1. The van der Waals surface area contributed by atoms with Gasteiger partial charge in [-0.3, -0.25) is 4.90 Å². The maximum absolute atomic E-state index is 13.1. The van der Waals surface area contributed by atoms with Gasteiger partial charge in [0.2, 0.25) is 0 Å². The molecular weight excluding hydrogens is 378 g/mol. The van der Waals surface area contributed by atoms with Crippen molar-refractivity contribution < 1.29 is 14.3 Å². The molecule has 160 valence electrons. The molecule has 2 heterocycles. The lowest BCUT2D eigenvalue weighted by molar-refractivity contribution is 0.0626. The van der Waals surface area contributed by atoms with Gasteiger partial charge in [0.05, 0.1) is 18.9 Å². The van der Waals surface area contributed by atoms with Crippen LogP contribution in [0.3, 0.4) is 0 Å². The largest absolute Gasteiger partial charge is 0.486 e. The summed E-state index contributed by atoms with van der Waals surface area (Å²) < 4.78 is 11.5. The molecule has 0 bridgehead atoms. The predicted molar refractivity (Wildman–Crippen MR) is 118 cm³/mol. The molecule has 0 unspecified atom stereocenters. The van der Waals surface area contributed by atoms with Gasteiger partial charge in [0, 0.05) is 38.1 Å². The molecule has 0 saturated carbocycles. The summed E-state index contributed by atoms with van der Waals surface area (Å²) in [5.41, 5.74) is 2.01. The summed E-state index contributed by atoms with van der Waals surface area (Å²) in [6, 6.07) is 18.5. The number of urea groups is 1. The van der Waals surface area contributed by atoms with Crippen molar-refractivity contribution in [2.24, 2.45) is 0 Å². The molecule has 2 saturated heterocycles. The van der Waals surface area contributed by atoms with Gasteiger partial charge in [-0.05, 0) is 31.5 Å².